The number of hydrogen-bond acceptors (Lipinski definition) is 2. The Morgan fingerprint density at radius 1 is 1.47 bits per heavy atom. The molecule has 0 spiro atoms. The molecule has 15 heavy (non-hydrogen) atoms. The van der Waals surface area contributed by atoms with E-state index in [1.165, 1.54) is 6.08 Å². The molecule has 0 aromatic heterocycles. The summed E-state index contributed by atoms with van der Waals surface area (Å²) in [4.78, 5) is 20.4. The summed E-state index contributed by atoms with van der Waals surface area (Å²) in [6.45, 7) is 9.90. The highest BCUT2D eigenvalue weighted by Crippen LogP contribution is 2.41. The third-order valence-electron chi connectivity index (χ3n) is 3.06. The predicted molar refractivity (Wildman–Crippen MR) is 64.3 cm³/mol. The Bertz CT molecular complexity index is 251. The molecule has 0 aliphatic carbocycles. The Morgan fingerprint density at radius 2 is 1.93 bits per heavy atom. The molecular formula is C11H22O3Si. The van der Waals surface area contributed by atoms with Crippen molar-refractivity contribution < 1.29 is 14.7 Å². The van der Waals surface area contributed by atoms with Crippen molar-refractivity contribution in [2.45, 2.75) is 45.3 Å². The molecule has 0 fully saturated rings. The number of aliphatic carboxylic acids is 1. The van der Waals surface area contributed by atoms with E-state index < -0.39 is 14.3 Å². The summed E-state index contributed by atoms with van der Waals surface area (Å²) in [5.74, 6) is -0.741. The second-order valence-electron chi connectivity index (χ2n) is 5.32. The topological polar surface area (TPSA) is 57.5 Å². The van der Waals surface area contributed by atoms with Crippen LogP contribution in [0.5, 0.6) is 0 Å². The van der Waals surface area contributed by atoms with Gasteiger partial charge in [-0.1, -0.05) is 26.8 Å². The molecule has 4 heteroatoms. The van der Waals surface area contributed by atoms with Crippen molar-refractivity contribution in [3.8, 4) is 0 Å². The Kier molecular flexibility index (Phi) is 4.74. The van der Waals surface area contributed by atoms with Crippen LogP contribution < -0.4 is 0 Å². The molecule has 0 radical (unpaired) electrons. The van der Waals surface area contributed by atoms with E-state index in [1.54, 1.807) is 6.08 Å². The summed E-state index contributed by atoms with van der Waals surface area (Å²) < 4.78 is 0. The lowest BCUT2D eigenvalue weighted by Gasteiger charge is -2.36. The van der Waals surface area contributed by atoms with Crippen molar-refractivity contribution in [1.29, 1.82) is 0 Å². The Hall–Kier alpha value is -0.613. The van der Waals surface area contributed by atoms with Crippen LogP contribution in [-0.2, 0) is 4.79 Å². The molecule has 0 unspecified atom stereocenters. The molecule has 0 aliphatic rings. The summed E-state index contributed by atoms with van der Waals surface area (Å²) in [5, 5.41) is 8.39. The number of rotatable bonds is 5. The number of carboxylic acid groups (broad SMARTS) is 1. The third-order valence-corrected chi connectivity index (χ3v) is 6.57. The average Bonchev–Trinajstić information content (AvgIpc) is 1.97. The van der Waals surface area contributed by atoms with Crippen molar-refractivity contribution in [2.24, 2.45) is 5.92 Å². The zero-order chi connectivity index (χ0) is 12.3. The summed E-state index contributed by atoms with van der Waals surface area (Å²) in [6, 6.07) is 0. The number of carboxylic acids is 1. The van der Waals surface area contributed by atoms with Crippen molar-refractivity contribution in [3.05, 3.63) is 12.2 Å². The van der Waals surface area contributed by atoms with E-state index in [1.807, 2.05) is 33.9 Å². The predicted octanol–water partition coefficient (Wildman–Crippen LogP) is 2.63. The summed E-state index contributed by atoms with van der Waals surface area (Å²) in [6.07, 6.45) is 3.67. The maximum absolute atomic E-state index is 10.3. The van der Waals surface area contributed by atoms with Gasteiger partial charge in [0.2, 0.25) is 0 Å². The quantitative estimate of drug-likeness (QED) is 0.564. The van der Waals surface area contributed by atoms with Gasteiger partial charge in [0.25, 0.3) is 0 Å². The lowest BCUT2D eigenvalue weighted by molar-refractivity contribution is -0.131. The SMILES string of the molecule is C[C@@H](/C=C\C(=O)O)CC(C)(C)[Si](C)(C)O. The zero-order valence-corrected chi connectivity index (χ0v) is 11.2. The molecule has 3 nitrogen and oxygen atoms in total. The summed E-state index contributed by atoms with van der Waals surface area (Å²) >= 11 is 0. The van der Waals surface area contributed by atoms with Crippen LogP contribution in [0.2, 0.25) is 18.1 Å². The largest absolute Gasteiger partial charge is 0.478 e. The van der Waals surface area contributed by atoms with Crippen LogP contribution in [0.4, 0.5) is 0 Å². The highest BCUT2D eigenvalue weighted by Gasteiger charge is 2.38. The summed E-state index contributed by atoms with van der Waals surface area (Å²) in [7, 11) is -2.19. The first-order valence-corrected chi connectivity index (χ1v) is 8.14. The minimum Gasteiger partial charge on any atom is -0.478 e. The summed E-state index contributed by atoms with van der Waals surface area (Å²) in [5.41, 5.74) is 0. The second-order valence-corrected chi connectivity index (χ2v) is 9.79. The van der Waals surface area contributed by atoms with Crippen molar-refractivity contribution in [3.63, 3.8) is 0 Å². The van der Waals surface area contributed by atoms with Gasteiger partial charge in [-0.05, 0) is 30.5 Å². The normalized spacial score (nSPS) is 15.6. The van der Waals surface area contributed by atoms with E-state index in [9.17, 15) is 9.59 Å². The first kappa shape index (κ1) is 14.4. The molecule has 0 aromatic rings. The van der Waals surface area contributed by atoms with E-state index in [0.29, 0.717) is 0 Å². The van der Waals surface area contributed by atoms with E-state index >= 15 is 0 Å². The monoisotopic (exact) mass is 230 g/mol. The van der Waals surface area contributed by atoms with Gasteiger partial charge in [0.1, 0.15) is 0 Å². The van der Waals surface area contributed by atoms with Gasteiger partial charge in [-0.15, -0.1) is 0 Å². The Balaban J connectivity index is 4.41. The van der Waals surface area contributed by atoms with Gasteiger partial charge in [0.15, 0.2) is 8.32 Å². The fourth-order valence-electron chi connectivity index (χ4n) is 1.37. The van der Waals surface area contributed by atoms with E-state index in [2.05, 4.69) is 0 Å². The molecule has 1 atom stereocenters. The molecule has 0 bridgehead atoms. The fraction of sp³-hybridized carbons (Fsp3) is 0.727. The second kappa shape index (κ2) is 4.94. The van der Waals surface area contributed by atoms with Gasteiger partial charge >= 0.3 is 5.97 Å². The highest BCUT2D eigenvalue weighted by atomic mass is 28.4. The average molecular weight is 230 g/mol. The number of allylic oxidation sites excluding steroid dienone is 1. The Morgan fingerprint density at radius 3 is 2.27 bits per heavy atom. The molecule has 88 valence electrons. The first-order chi connectivity index (χ1) is 6.56. The lowest BCUT2D eigenvalue weighted by Crippen LogP contribution is -2.39. The molecule has 0 amide bonds. The molecule has 0 saturated carbocycles. The van der Waals surface area contributed by atoms with Crippen molar-refractivity contribution in [1.82, 2.24) is 0 Å². The van der Waals surface area contributed by atoms with Gasteiger partial charge < -0.3 is 9.90 Å². The van der Waals surface area contributed by atoms with Crippen LogP contribution in [0, 0.1) is 5.92 Å². The highest BCUT2D eigenvalue weighted by molar-refractivity contribution is 6.72. The molecule has 0 saturated heterocycles. The van der Waals surface area contributed by atoms with E-state index in [0.717, 1.165) is 6.42 Å². The number of carbonyl (C=O) groups is 1. The van der Waals surface area contributed by atoms with E-state index in [-0.39, 0.29) is 11.0 Å². The molecule has 0 aromatic carbocycles. The molecule has 0 rings (SSSR count). The lowest BCUT2D eigenvalue weighted by atomic mass is 9.97. The van der Waals surface area contributed by atoms with Gasteiger partial charge in [0, 0.05) is 6.08 Å². The number of hydrogen-bond donors (Lipinski definition) is 2. The van der Waals surface area contributed by atoms with Crippen molar-refractivity contribution in [2.75, 3.05) is 0 Å². The minimum absolute atomic E-state index is 0.102. The maximum Gasteiger partial charge on any atom is 0.327 e. The standard InChI is InChI=1S/C11H22O3Si/c1-9(6-7-10(12)13)8-11(2,3)15(4,5)14/h6-7,9,14H,8H2,1-5H3,(H,12,13)/b7-6-/t9-/m0/s1. The van der Waals surface area contributed by atoms with Crippen LogP contribution in [0.15, 0.2) is 12.2 Å². The van der Waals surface area contributed by atoms with Gasteiger partial charge in [0.05, 0.1) is 0 Å². The van der Waals surface area contributed by atoms with Crippen LogP contribution in [0.3, 0.4) is 0 Å². The fourth-order valence-corrected chi connectivity index (χ4v) is 2.19. The molecule has 0 heterocycles. The van der Waals surface area contributed by atoms with Crippen LogP contribution >= 0.6 is 0 Å². The van der Waals surface area contributed by atoms with Crippen molar-refractivity contribution >= 4 is 14.3 Å². The first-order valence-electron chi connectivity index (χ1n) is 5.20. The molecule has 2 N–H and O–H groups in total. The zero-order valence-electron chi connectivity index (χ0n) is 10.2. The molecule has 0 aliphatic heterocycles. The molecular weight excluding hydrogens is 208 g/mol. The van der Waals surface area contributed by atoms with Crippen LogP contribution in [-0.4, -0.2) is 24.2 Å². The smallest absolute Gasteiger partial charge is 0.327 e. The van der Waals surface area contributed by atoms with Gasteiger partial charge in [-0.2, -0.15) is 0 Å². The van der Waals surface area contributed by atoms with Crippen LogP contribution in [0.25, 0.3) is 0 Å². The van der Waals surface area contributed by atoms with Gasteiger partial charge in [-0.25, -0.2) is 4.79 Å². The maximum atomic E-state index is 10.3. The van der Waals surface area contributed by atoms with E-state index in [4.69, 9.17) is 5.11 Å². The minimum atomic E-state index is -2.19. The van der Waals surface area contributed by atoms with Crippen LogP contribution in [0.1, 0.15) is 27.2 Å². The Labute approximate surface area is 93.0 Å². The van der Waals surface area contributed by atoms with Gasteiger partial charge in [-0.3, -0.25) is 0 Å². The third kappa shape index (κ3) is 5.13.